The van der Waals surface area contributed by atoms with E-state index in [2.05, 4.69) is 26.8 Å². The van der Waals surface area contributed by atoms with Crippen molar-refractivity contribution in [1.82, 2.24) is 0 Å². The van der Waals surface area contributed by atoms with Crippen LogP contribution in [0.3, 0.4) is 0 Å². The van der Waals surface area contributed by atoms with E-state index in [0.29, 0.717) is 23.0 Å². The highest BCUT2D eigenvalue weighted by molar-refractivity contribution is 5.88. The summed E-state index contributed by atoms with van der Waals surface area (Å²) in [4.78, 5) is 24.9. The maximum absolute atomic E-state index is 12.8. The normalized spacial score (nSPS) is 44.7. The Morgan fingerprint density at radius 3 is 2.50 bits per heavy atom. The molecule has 156 valence electrons. The van der Waals surface area contributed by atoms with E-state index in [4.69, 9.17) is 4.74 Å². The first-order valence-corrected chi connectivity index (χ1v) is 11.7. The molecule has 0 aromatic carbocycles. The zero-order valence-electron chi connectivity index (χ0n) is 18.3. The molecule has 0 amide bonds. The Morgan fingerprint density at radius 2 is 1.79 bits per heavy atom. The number of ketones is 1. The Hall–Kier alpha value is -1.12. The molecular weight excluding hydrogens is 348 g/mol. The van der Waals surface area contributed by atoms with Crippen molar-refractivity contribution in [3.8, 4) is 0 Å². The summed E-state index contributed by atoms with van der Waals surface area (Å²) in [5.74, 6) is 3.47. The molecule has 3 fully saturated rings. The first-order valence-electron chi connectivity index (χ1n) is 11.7. The molecule has 0 heterocycles. The molecule has 0 aromatic heterocycles. The van der Waals surface area contributed by atoms with Crippen molar-refractivity contribution in [2.45, 2.75) is 85.0 Å². The van der Waals surface area contributed by atoms with E-state index in [0.717, 1.165) is 55.4 Å². The molecular formula is C25H38O3. The molecule has 0 saturated heterocycles. The minimum Gasteiger partial charge on any atom is -0.466 e. The lowest BCUT2D eigenvalue weighted by atomic mass is 9.45. The monoisotopic (exact) mass is 386 g/mol. The molecule has 4 rings (SSSR count). The van der Waals surface area contributed by atoms with Crippen molar-refractivity contribution in [3.63, 3.8) is 0 Å². The van der Waals surface area contributed by atoms with Crippen LogP contribution in [0.25, 0.3) is 0 Å². The number of fused-ring (bicyclic) bond motifs is 5. The number of hydrogen-bond donors (Lipinski definition) is 0. The zero-order chi connectivity index (χ0) is 20.1. The van der Waals surface area contributed by atoms with Crippen LogP contribution in [0.15, 0.2) is 11.6 Å². The van der Waals surface area contributed by atoms with Crippen LogP contribution in [-0.4, -0.2) is 18.9 Å². The minimum absolute atomic E-state index is 0.131. The molecule has 0 aliphatic heterocycles. The highest BCUT2D eigenvalue weighted by atomic mass is 16.5. The molecule has 0 radical (unpaired) electrons. The largest absolute Gasteiger partial charge is 0.466 e. The standard InChI is InChI=1S/C25H38O3/c1-5-6-22(26)21-10-9-19-18-8-7-17-15-16(23(27)28-4)11-13-24(17,2)20(18)12-14-25(19,21)3/h15,17-21H,5-14H2,1-4H3/t17?,18-,19-,20+,21?,24-,25-/m0/s1. The molecule has 2 unspecified atom stereocenters. The van der Waals surface area contributed by atoms with Gasteiger partial charge in [0.05, 0.1) is 7.11 Å². The Kier molecular flexibility index (Phi) is 5.25. The van der Waals surface area contributed by atoms with Crippen LogP contribution < -0.4 is 0 Å². The Morgan fingerprint density at radius 1 is 1.04 bits per heavy atom. The molecule has 0 N–H and O–H groups in total. The van der Waals surface area contributed by atoms with Crippen molar-refractivity contribution in [2.75, 3.05) is 7.11 Å². The number of methoxy groups -OCH3 is 1. The smallest absolute Gasteiger partial charge is 0.333 e. The summed E-state index contributed by atoms with van der Waals surface area (Å²) < 4.78 is 4.99. The molecule has 0 aromatic rings. The zero-order valence-corrected chi connectivity index (χ0v) is 18.3. The van der Waals surface area contributed by atoms with E-state index in [1.807, 2.05) is 0 Å². The molecule has 4 aliphatic carbocycles. The number of esters is 1. The molecule has 7 atom stereocenters. The van der Waals surface area contributed by atoms with Crippen LogP contribution in [0.5, 0.6) is 0 Å². The van der Waals surface area contributed by atoms with Gasteiger partial charge in [-0.05, 0) is 92.3 Å². The number of hydrogen-bond acceptors (Lipinski definition) is 3. The summed E-state index contributed by atoms with van der Waals surface area (Å²) in [5, 5.41) is 0. The highest BCUT2D eigenvalue weighted by Crippen LogP contribution is 2.67. The van der Waals surface area contributed by atoms with Crippen molar-refractivity contribution >= 4 is 11.8 Å². The van der Waals surface area contributed by atoms with Crippen LogP contribution >= 0.6 is 0 Å². The van der Waals surface area contributed by atoms with Crippen molar-refractivity contribution in [1.29, 1.82) is 0 Å². The first kappa shape index (κ1) is 20.2. The number of rotatable bonds is 4. The van der Waals surface area contributed by atoms with Gasteiger partial charge in [0.25, 0.3) is 0 Å². The molecule has 3 heteroatoms. The lowest BCUT2D eigenvalue weighted by Crippen LogP contribution is -2.53. The molecule has 28 heavy (non-hydrogen) atoms. The maximum Gasteiger partial charge on any atom is 0.333 e. The van der Waals surface area contributed by atoms with E-state index >= 15 is 0 Å². The molecule has 0 bridgehead atoms. The van der Waals surface area contributed by atoms with Crippen LogP contribution in [0.1, 0.15) is 85.0 Å². The molecule has 3 saturated carbocycles. The Labute approximate surface area is 170 Å². The van der Waals surface area contributed by atoms with Gasteiger partial charge in [0, 0.05) is 17.9 Å². The first-order chi connectivity index (χ1) is 13.3. The average Bonchev–Trinajstić information content (AvgIpc) is 3.04. The van der Waals surface area contributed by atoms with E-state index in [-0.39, 0.29) is 11.4 Å². The lowest BCUT2D eigenvalue weighted by molar-refractivity contribution is -0.137. The second kappa shape index (κ2) is 7.29. The number of carbonyl (C=O) groups is 2. The van der Waals surface area contributed by atoms with Gasteiger partial charge in [0.1, 0.15) is 5.78 Å². The predicted molar refractivity (Wildman–Crippen MR) is 111 cm³/mol. The summed E-state index contributed by atoms with van der Waals surface area (Å²) in [6.07, 6.45) is 13.3. The van der Waals surface area contributed by atoms with Gasteiger partial charge in [-0.15, -0.1) is 0 Å². The van der Waals surface area contributed by atoms with Crippen molar-refractivity contribution in [2.24, 2.45) is 40.4 Å². The third-order valence-electron chi connectivity index (χ3n) is 9.61. The van der Waals surface area contributed by atoms with Gasteiger partial charge in [-0.2, -0.15) is 0 Å². The summed E-state index contributed by atoms with van der Waals surface area (Å²) in [6.45, 7) is 7.07. The number of allylic oxidation sites excluding steroid dienone is 1. The fraction of sp³-hybridized carbons (Fsp3) is 0.840. The maximum atomic E-state index is 12.8. The third kappa shape index (κ3) is 2.91. The highest BCUT2D eigenvalue weighted by Gasteiger charge is 2.60. The van der Waals surface area contributed by atoms with E-state index in [9.17, 15) is 9.59 Å². The fourth-order valence-electron chi connectivity index (χ4n) is 8.11. The van der Waals surface area contributed by atoms with Gasteiger partial charge in [-0.25, -0.2) is 4.79 Å². The van der Waals surface area contributed by atoms with Crippen LogP contribution in [0.4, 0.5) is 0 Å². The van der Waals surface area contributed by atoms with Crippen LogP contribution in [0, 0.1) is 40.4 Å². The van der Waals surface area contributed by atoms with Gasteiger partial charge in [0.15, 0.2) is 0 Å². The molecule has 3 nitrogen and oxygen atoms in total. The Balaban J connectivity index is 1.57. The van der Waals surface area contributed by atoms with Gasteiger partial charge in [-0.1, -0.05) is 26.8 Å². The lowest BCUT2D eigenvalue weighted by Gasteiger charge is -2.59. The molecule has 4 aliphatic rings. The van der Waals surface area contributed by atoms with Gasteiger partial charge >= 0.3 is 5.97 Å². The second-order valence-electron chi connectivity index (χ2n) is 10.6. The quantitative estimate of drug-likeness (QED) is 0.580. The van der Waals surface area contributed by atoms with E-state index in [1.165, 1.54) is 39.2 Å². The minimum atomic E-state index is -0.131. The van der Waals surface area contributed by atoms with Gasteiger partial charge < -0.3 is 4.74 Å². The summed E-state index contributed by atoms with van der Waals surface area (Å²) >= 11 is 0. The van der Waals surface area contributed by atoms with Crippen LogP contribution in [-0.2, 0) is 14.3 Å². The second-order valence-corrected chi connectivity index (χ2v) is 10.6. The van der Waals surface area contributed by atoms with Gasteiger partial charge in [0.2, 0.25) is 0 Å². The van der Waals surface area contributed by atoms with Crippen LogP contribution in [0.2, 0.25) is 0 Å². The Bertz CT molecular complexity index is 679. The average molecular weight is 387 g/mol. The summed E-state index contributed by atoms with van der Waals surface area (Å²) in [5.41, 5.74) is 1.45. The van der Waals surface area contributed by atoms with Crippen molar-refractivity contribution in [3.05, 3.63) is 11.6 Å². The van der Waals surface area contributed by atoms with Gasteiger partial charge in [-0.3, -0.25) is 4.79 Å². The topological polar surface area (TPSA) is 43.4 Å². The summed E-state index contributed by atoms with van der Waals surface area (Å²) in [6, 6.07) is 0. The number of carbonyl (C=O) groups excluding carboxylic acids is 2. The fourth-order valence-corrected chi connectivity index (χ4v) is 8.11. The summed E-state index contributed by atoms with van der Waals surface area (Å²) in [7, 11) is 1.49. The number of Topliss-reactive ketones (excluding diaryl/α,β-unsaturated/α-hetero) is 1. The van der Waals surface area contributed by atoms with Crippen molar-refractivity contribution < 1.29 is 14.3 Å². The SMILES string of the molecule is CCCC(=O)C1CC[C@H]2[C@@H]3CCC4C=C(C(=O)OC)CC[C@]4(C)[C@@H]3CC[C@]12C. The number of ether oxygens (including phenoxy) is 1. The third-order valence-corrected chi connectivity index (χ3v) is 9.61. The predicted octanol–water partition coefficient (Wildman–Crippen LogP) is 5.72. The molecule has 0 spiro atoms. The van der Waals surface area contributed by atoms with E-state index in [1.54, 1.807) is 0 Å². The van der Waals surface area contributed by atoms with E-state index < -0.39 is 0 Å².